The van der Waals surface area contributed by atoms with Gasteiger partial charge in [-0.25, -0.2) is 9.78 Å². The summed E-state index contributed by atoms with van der Waals surface area (Å²) in [6.45, 7) is 0. The molecule has 0 aliphatic rings. The molecular weight excluding hydrogens is 236 g/mol. The Bertz CT molecular complexity index is 637. The Labute approximate surface area is 101 Å². The number of carboxylic acids is 1. The number of nitriles is 1. The van der Waals surface area contributed by atoms with Crippen molar-refractivity contribution in [3.8, 4) is 17.7 Å². The first kappa shape index (κ1) is 11.5. The standard InChI is InChI=1S/C11H6N4O3/c12-5-7-1-2-8(13-6-7)11-15-14-9(18-11)3-4-10(16)17/h1-4,6H,(H,16,17)/b4-3+. The maximum atomic E-state index is 10.3. The number of carboxylic acid groups (broad SMARTS) is 1. The number of rotatable bonds is 3. The van der Waals surface area contributed by atoms with E-state index in [9.17, 15) is 4.79 Å². The molecule has 2 aromatic heterocycles. The van der Waals surface area contributed by atoms with Crippen molar-refractivity contribution in [3.63, 3.8) is 0 Å². The van der Waals surface area contributed by atoms with E-state index in [1.54, 1.807) is 12.1 Å². The normalized spacial score (nSPS) is 10.4. The van der Waals surface area contributed by atoms with Gasteiger partial charge in [-0.3, -0.25) is 0 Å². The maximum absolute atomic E-state index is 10.3. The Balaban J connectivity index is 2.24. The molecule has 2 aromatic rings. The van der Waals surface area contributed by atoms with Crippen molar-refractivity contribution in [3.05, 3.63) is 35.9 Å². The lowest BCUT2D eigenvalue weighted by molar-refractivity contribution is -0.131. The third kappa shape index (κ3) is 2.56. The Kier molecular flexibility index (Phi) is 3.11. The fourth-order valence-corrected chi connectivity index (χ4v) is 1.13. The van der Waals surface area contributed by atoms with E-state index in [0.29, 0.717) is 11.3 Å². The lowest BCUT2D eigenvalue weighted by Gasteiger charge is -1.92. The third-order valence-corrected chi connectivity index (χ3v) is 1.92. The lowest BCUT2D eigenvalue weighted by Crippen LogP contribution is -1.85. The molecule has 0 aliphatic heterocycles. The molecule has 1 N–H and O–H groups in total. The Morgan fingerprint density at radius 2 is 2.28 bits per heavy atom. The topological polar surface area (TPSA) is 113 Å². The van der Waals surface area contributed by atoms with Crippen molar-refractivity contribution in [1.29, 1.82) is 5.26 Å². The van der Waals surface area contributed by atoms with Crippen LogP contribution in [0.25, 0.3) is 17.7 Å². The van der Waals surface area contributed by atoms with E-state index in [2.05, 4.69) is 15.2 Å². The molecule has 0 aliphatic carbocycles. The van der Waals surface area contributed by atoms with Crippen molar-refractivity contribution < 1.29 is 14.3 Å². The molecule has 0 amide bonds. The number of aromatic nitrogens is 3. The highest BCUT2D eigenvalue weighted by molar-refractivity contribution is 5.84. The predicted octanol–water partition coefficient (Wildman–Crippen LogP) is 1.10. The summed E-state index contributed by atoms with van der Waals surface area (Å²) in [5.74, 6) is -0.880. The van der Waals surface area contributed by atoms with Gasteiger partial charge >= 0.3 is 5.97 Å². The summed E-state index contributed by atoms with van der Waals surface area (Å²) < 4.78 is 5.18. The van der Waals surface area contributed by atoms with Gasteiger partial charge in [0.2, 0.25) is 5.89 Å². The molecule has 7 heteroatoms. The predicted molar refractivity (Wildman–Crippen MR) is 58.9 cm³/mol. The molecule has 0 aromatic carbocycles. The van der Waals surface area contributed by atoms with Gasteiger partial charge in [0.1, 0.15) is 11.8 Å². The van der Waals surface area contributed by atoms with Gasteiger partial charge in [-0.05, 0) is 12.1 Å². The highest BCUT2D eigenvalue weighted by Gasteiger charge is 2.08. The van der Waals surface area contributed by atoms with Crippen molar-refractivity contribution in [2.24, 2.45) is 0 Å². The van der Waals surface area contributed by atoms with Gasteiger partial charge in [-0.2, -0.15) is 5.26 Å². The molecule has 7 nitrogen and oxygen atoms in total. The molecule has 0 fully saturated rings. The van der Waals surface area contributed by atoms with Crippen LogP contribution in [-0.4, -0.2) is 26.3 Å². The van der Waals surface area contributed by atoms with Crippen LogP contribution in [0.2, 0.25) is 0 Å². The number of hydrogen-bond donors (Lipinski definition) is 1. The zero-order valence-corrected chi connectivity index (χ0v) is 8.94. The van der Waals surface area contributed by atoms with Gasteiger partial charge in [0.15, 0.2) is 0 Å². The fraction of sp³-hybridized carbons (Fsp3) is 0. The number of aliphatic carboxylic acids is 1. The smallest absolute Gasteiger partial charge is 0.328 e. The number of nitrogens with zero attached hydrogens (tertiary/aromatic N) is 4. The van der Waals surface area contributed by atoms with Crippen LogP contribution in [0.5, 0.6) is 0 Å². The number of pyridine rings is 1. The molecule has 0 saturated heterocycles. The summed E-state index contributed by atoms with van der Waals surface area (Å²) in [5, 5.41) is 24.4. The van der Waals surface area contributed by atoms with Gasteiger partial charge in [0.25, 0.3) is 5.89 Å². The lowest BCUT2D eigenvalue weighted by atomic mass is 10.3. The van der Waals surface area contributed by atoms with E-state index >= 15 is 0 Å². The van der Waals surface area contributed by atoms with Crippen molar-refractivity contribution in [2.45, 2.75) is 0 Å². The Hall–Kier alpha value is -3.01. The van der Waals surface area contributed by atoms with Gasteiger partial charge in [0, 0.05) is 18.3 Å². The largest absolute Gasteiger partial charge is 0.478 e. The highest BCUT2D eigenvalue weighted by atomic mass is 16.4. The molecule has 0 bridgehead atoms. The van der Waals surface area contributed by atoms with Crippen LogP contribution in [0.4, 0.5) is 0 Å². The van der Waals surface area contributed by atoms with Crippen LogP contribution in [0.1, 0.15) is 11.5 Å². The Morgan fingerprint density at radius 1 is 1.44 bits per heavy atom. The molecule has 0 unspecified atom stereocenters. The second kappa shape index (κ2) is 4.88. The minimum absolute atomic E-state index is 0.0681. The van der Waals surface area contributed by atoms with Gasteiger partial charge < -0.3 is 9.52 Å². The highest BCUT2D eigenvalue weighted by Crippen LogP contribution is 2.15. The molecule has 2 rings (SSSR count). The first-order valence-corrected chi connectivity index (χ1v) is 4.80. The van der Waals surface area contributed by atoms with E-state index < -0.39 is 5.97 Å². The van der Waals surface area contributed by atoms with E-state index in [0.717, 1.165) is 6.08 Å². The summed E-state index contributed by atoms with van der Waals surface area (Å²) in [5.41, 5.74) is 0.834. The molecule has 0 atom stereocenters. The van der Waals surface area contributed by atoms with Crippen molar-refractivity contribution in [1.82, 2.24) is 15.2 Å². The zero-order valence-electron chi connectivity index (χ0n) is 8.94. The molecule has 0 saturated carbocycles. The second-order valence-electron chi connectivity index (χ2n) is 3.16. The Morgan fingerprint density at radius 3 is 2.89 bits per heavy atom. The van der Waals surface area contributed by atoms with Crippen LogP contribution in [0, 0.1) is 11.3 Å². The SMILES string of the molecule is N#Cc1ccc(-c2nnc(/C=C/C(=O)O)o2)nc1. The van der Waals surface area contributed by atoms with Gasteiger partial charge in [0.05, 0.1) is 5.56 Å². The molecule has 18 heavy (non-hydrogen) atoms. The van der Waals surface area contributed by atoms with Crippen LogP contribution in [0.15, 0.2) is 28.8 Å². The quantitative estimate of drug-likeness (QED) is 0.801. The summed E-state index contributed by atoms with van der Waals surface area (Å²) in [7, 11) is 0. The number of hydrogen-bond acceptors (Lipinski definition) is 6. The van der Waals surface area contributed by atoms with Crippen LogP contribution < -0.4 is 0 Å². The average molecular weight is 242 g/mol. The first-order valence-electron chi connectivity index (χ1n) is 4.80. The maximum Gasteiger partial charge on any atom is 0.328 e. The fourth-order valence-electron chi connectivity index (χ4n) is 1.13. The average Bonchev–Trinajstić information content (AvgIpc) is 2.85. The second-order valence-corrected chi connectivity index (χ2v) is 3.16. The van der Waals surface area contributed by atoms with Crippen LogP contribution >= 0.6 is 0 Å². The third-order valence-electron chi connectivity index (χ3n) is 1.92. The van der Waals surface area contributed by atoms with Crippen molar-refractivity contribution in [2.75, 3.05) is 0 Å². The van der Waals surface area contributed by atoms with Crippen LogP contribution in [0.3, 0.4) is 0 Å². The van der Waals surface area contributed by atoms with Crippen LogP contribution in [-0.2, 0) is 4.79 Å². The summed E-state index contributed by atoms with van der Waals surface area (Å²) in [4.78, 5) is 14.3. The number of carbonyl (C=O) groups is 1. The van der Waals surface area contributed by atoms with Crippen molar-refractivity contribution >= 4 is 12.0 Å². The zero-order chi connectivity index (χ0) is 13.0. The van der Waals surface area contributed by atoms with E-state index in [1.807, 2.05) is 6.07 Å². The minimum atomic E-state index is -1.11. The minimum Gasteiger partial charge on any atom is -0.478 e. The van der Waals surface area contributed by atoms with Gasteiger partial charge in [-0.1, -0.05) is 0 Å². The summed E-state index contributed by atoms with van der Waals surface area (Å²) >= 11 is 0. The molecule has 0 radical (unpaired) electrons. The first-order chi connectivity index (χ1) is 8.69. The molecule has 88 valence electrons. The van der Waals surface area contributed by atoms with E-state index in [4.69, 9.17) is 14.8 Å². The molecule has 0 spiro atoms. The van der Waals surface area contributed by atoms with Gasteiger partial charge in [-0.15, -0.1) is 10.2 Å². The molecular formula is C11H6N4O3. The van der Waals surface area contributed by atoms with E-state index in [-0.39, 0.29) is 11.8 Å². The monoisotopic (exact) mass is 242 g/mol. The summed E-state index contributed by atoms with van der Waals surface area (Å²) in [6, 6.07) is 5.07. The summed E-state index contributed by atoms with van der Waals surface area (Å²) in [6.07, 6.45) is 3.46. The molecule has 2 heterocycles. The van der Waals surface area contributed by atoms with E-state index in [1.165, 1.54) is 12.3 Å².